The van der Waals surface area contributed by atoms with Gasteiger partial charge in [0.2, 0.25) is 0 Å². The molecule has 1 heteroatoms. The molecule has 4 unspecified atom stereocenters. The Morgan fingerprint density at radius 3 is 2.50 bits per heavy atom. The molecule has 0 amide bonds. The van der Waals surface area contributed by atoms with E-state index in [1.54, 1.807) is 0 Å². The van der Waals surface area contributed by atoms with Crippen LogP contribution in [0.15, 0.2) is 0 Å². The van der Waals surface area contributed by atoms with E-state index in [0.717, 1.165) is 23.8 Å². The van der Waals surface area contributed by atoms with E-state index in [1.165, 1.54) is 57.9 Å². The minimum atomic E-state index is 0.831. The predicted molar refractivity (Wildman–Crippen MR) is 70.5 cm³/mol. The van der Waals surface area contributed by atoms with E-state index < -0.39 is 0 Å². The van der Waals surface area contributed by atoms with Crippen LogP contribution < -0.4 is 5.32 Å². The molecule has 0 spiro atoms. The molecule has 1 saturated carbocycles. The number of rotatable bonds is 3. The molecular weight excluding hydrogens is 194 g/mol. The van der Waals surface area contributed by atoms with Gasteiger partial charge < -0.3 is 5.32 Å². The molecule has 1 aliphatic carbocycles. The average Bonchev–Trinajstić information content (AvgIpc) is 2.31. The van der Waals surface area contributed by atoms with E-state index in [0.29, 0.717) is 0 Å². The molecule has 2 aliphatic rings. The van der Waals surface area contributed by atoms with Gasteiger partial charge in [0.05, 0.1) is 0 Å². The third-order valence-electron chi connectivity index (χ3n) is 4.98. The fourth-order valence-corrected chi connectivity index (χ4v) is 3.94. The second kappa shape index (κ2) is 6.05. The first kappa shape index (κ1) is 12.4. The van der Waals surface area contributed by atoms with Crippen molar-refractivity contribution in [2.75, 3.05) is 6.54 Å². The standard InChI is InChI=1S/C15H29N/c1-12-7-3-4-9-15(12)13(2)11-14-8-5-6-10-16-14/h12-16H,3-11H2,1-2H3. The molecule has 1 N–H and O–H groups in total. The van der Waals surface area contributed by atoms with Gasteiger partial charge in [-0.2, -0.15) is 0 Å². The highest BCUT2D eigenvalue weighted by Crippen LogP contribution is 2.37. The van der Waals surface area contributed by atoms with E-state index in [9.17, 15) is 0 Å². The third kappa shape index (κ3) is 3.23. The Hall–Kier alpha value is -0.0400. The first-order chi connectivity index (χ1) is 7.77. The monoisotopic (exact) mass is 223 g/mol. The molecule has 1 saturated heterocycles. The second-order valence-electron chi connectivity index (χ2n) is 6.29. The van der Waals surface area contributed by atoms with Gasteiger partial charge in [0.15, 0.2) is 0 Å². The van der Waals surface area contributed by atoms with Gasteiger partial charge in [-0.25, -0.2) is 0 Å². The van der Waals surface area contributed by atoms with Crippen molar-refractivity contribution in [2.45, 2.75) is 71.3 Å². The van der Waals surface area contributed by atoms with E-state index in [1.807, 2.05) is 0 Å². The van der Waals surface area contributed by atoms with Crippen LogP contribution in [0, 0.1) is 17.8 Å². The molecule has 1 nitrogen and oxygen atoms in total. The zero-order valence-electron chi connectivity index (χ0n) is 11.2. The molecule has 16 heavy (non-hydrogen) atoms. The van der Waals surface area contributed by atoms with Crippen LogP contribution in [0.2, 0.25) is 0 Å². The quantitative estimate of drug-likeness (QED) is 0.763. The van der Waals surface area contributed by atoms with E-state index in [4.69, 9.17) is 0 Å². The largest absolute Gasteiger partial charge is 0.314 e. The maximum absolute atomic E-state index is 3.70. The van der Waals surface area contributed by atoms with Crippen LogP contribution in [-0.4, -0.2) is 12.6 Å². The van der Waals surface area contributed by atoms with Crippen LogP contribution in [0.5, 0.6) is 0 Å². The van der Waals surface area contributed by atoms with Crippen LogP contribution >= 0.6 is 0 Å². The fraction of sp³-hybridized carbons (Fsp3) is 1.00. The highest BCUT2D eigenvalue weighted by molar-refractivity contribution is 4.81. The molecule has 2 fully saturated rings. The summed E-state index contributed by atoms with van der Waals surface area (Å²) >= 11 is 0. The molecule has 0 radical (unpaired) electrons. The first-order valence-electron chi connectivity index (χ1n) is 7.50. The molecule has 0 aromatic carbocycles. The summed E-state index contributed by atoms with van der Waals surface area (Å²) in [7, 11) is 0. The highest BCUT2D eigenvalue weighted by atomic mass is 14.9. The molecule has 0 aromatic heterocycles. The third-order valence-corrected chi connectivity index (χ3v) is 4.98. The number of piperidine rings is 1. The lowest BCUT2D eigenvalue weighted by atomic mass is 9.72. The van der Waals surface area contributed by atoms with E-state index in [2.05, 4.69) is 19.2 Å². The average molecular weight is 223 g/mol. The van der Waals surface area contributed by atoms with Gasteiger partial charge in [-0.1, -0.05) is 39.5 Å². The fourth-order valence-electron chi connectivity index (χ4n) is 3.94. The Balaban J connectivity index is 1.78. The van der Waals surface area contributed by atoms with Gasteiger partial charge >= 0.3 is 0 Å². The van der Waals surface area contributed by atoms with E-state index >= 15 is 0 Å². The Morgan fingerprint density at radius 2 is 1.81 bits per heavy atom. The number of hydrogen-bond donors (Lipinski definition) is 1. The van der Waals surface area contributed by atoms with Gasteiger partial charge in [-0.3, -0.25) is 0 Å². The van der Waals surface area contributed by atoms with Crippen molar-refractivity contribution in [1.82, 2.24) is 5.32 Å². The molecular formula is C15H29N. The molecule has 1 heterocycles. The van der Waals surface area contributed by atoms with E-state index in [-0.39, 0.29) is 0 Å². The Bertz CT molecular complexity index is 196. The Kier molecular flexibility index (Phi) is 4.69. The molecule has 0 bridgehead atoms. The lowest BCUT2D eigenvalue weighted by molar-refractivity contribution is 0.161. The summed E-state index contributed by atoms with van der Waals surface area (Å²) in [6, 6.07) is 0.831. The van der Waals surface area contributed by atoms with Crippen molar-refractivity contribution in [1.29, 1.82) is 0 Å². The summed E-state index contributed by atoms with van der Waals surface area (Å²) in [5, 5.41) is 3.70. The minimum absolute atomic E-state index is 0.831. The van der Waals surface area contributed by atoms with Crippen molar-refractivity contribution in [2.24, 2.45) is 17.8 Å². The minimum Gasteiger partial charge on any atom is -0.314 e. The zero-order chi connectivity index (χ0) is 11.4. The zero-order valence-corrected chi connectivity index (χ0v) is 11.2. The van der Waals surface area contributed by atoms with Crippen LogP contribution in [0.1, 0.15) is 65.2 Å². The van der Waals surface area contributed by atoms with Gasteiger partial charge in [0, 0.05) is 6.04 Å². The maximum atomic E-state index is 3.70. The molecule has 94 valence electrons. The highest BCUT2D eigenvalue weighted by Gasteiger charge is 2.28. The topological polar surface area (TPSA) is 12.0 Å². The van der Waals surface area contributed by atoms with Crippen molar-refractivity contribution in [3.8, 4) is 0 Å². The van der Waals surface area contributed by atoms with Crippen LogP contribution in [0.4, 0.5) is 0 Å². The molecule has 2 rings (SSSR count). The molecule has 1 aliphatic heterocycles. The SMILES string of the molecule is CC1CCCCC1C(C)CC1CCCCN1. The first-order valence-corrected chi connectivity index (χ1v) is 7.50. The summed E-state index contributed by atoms with van der Waals surface area (Å²) in [4.78, 5) is 0. The summed E-state index contributed by atoms with van der Waals surface area (Å²) < 4.78 is 0. The van der Waals surface area contributed by atoms with Crippen molar-refractivity contribution in [3.05, 3.63) is 0 Å². The predicted octanol–water partition coefficient (Wildman–Crippen LogP) is 3.98. The van der Waals surface area contributed by atoms with Gasteiger partial charge in [0.1, 0.15) is 0 Å². The summed E-state index contributed by atoms with van der Waals surface area (Å²) in [6.07, 6.45) is 11.6. The van der Waals surface area contributed by atoms with Crippen molar-refractivity contribution >= 4 is 0 Å². The normalized spacial score (nSPS) is 38.2. The molecule has 4 atom stereocenters. The smallest absolute Gasteiger partial charge is 0.00697 e. The number of nitrogens with one attached hydrogen (secondary N) is 1. The van der Waals surface area contributed by atoms with Crippen LogP contribution in [-0.2, 0) is 0 Å². The Morgan fingerprint density at radius 1 is 1.06 bits per heavy atom. The lowest BCUT2D eigenvalue weighted by Crippen LogP contribution is -2.37. The van der Waals surface area contributed by atoms with Crippen molar-refractivity contribution in [3.63, 3.8) is 0 Å². The maximum Gasteiger partial charge on any atom is 0.00697 e. The number of hydrogen-bond acceptors (Lipinski definition) is 1. The van der Waals surface area contributed by atoms with Gasteiger partial charge in [-0.05, 0) is 50.0 Å². The van der Waals surface area contributed by atoms with Crippen LogP contribution in [0.3, 0.4) is 0 Å². The summed E-state index contributed by atoms with van der Waals surface area (Å²) in [5.41, 5.74) is 0. The van der Waals surface area contributed by atoms with Gasteiger partial charge in [-0.15, -0.1) is 0 Å². The second-order valence-corrected chi connectivity index (χ2v) is 6.29. The lowest BCUT2D eigenvalue weighted by Gasteiger charge is -2.36. The van der Waals surface area contributed by atoms with Crippen LogP contribution in [0.25, 0.3) is 0 Å². The summed E-state index contributed by atoms with van der Waals surface area (Å²) in [5.74, 6) is 2.93. The Labute approximate surface area is 101 Å². The summed E-state index contributed by atoms with van der Waals surface area (Å²) in [6.45, 7) is 6.25. The van der Waals surface area contributed by atoms with Crippen molar-refractivity contribution < 1.29 is 0 Å². The van der Waals surface area contributed by atoms with Gasteiger partial charge in [0.25, 0.3) is 0 Å². The molecule has 0 aromatic rings.